The molecule has 1 aliphatic heterocycles. The number of carboxylic acids is 1. The van der Waals surface area contributed by atoms with Crippen molar-refractivity contribution in [2.45, 2.75) is 13.5 Å². The van der Waals surface area contributed by atoms with Crippen molar-refractivity contribution in [3.8, 4) is 0 Å². The topological polar surface area (TPSA) is 69.6 Å². The summed E-state index contributed by atoms with van der Waals surface area (Å²) in [5.41, 5.74) is 0.428. The molecule has 0 saturated carbocycles. The molecule has 1 unspecified atom stereocenters. The number of nitrogens with zero attached hydrogens (tertiary/aromatic N) is 1. The SMILES string of the molecule is CC(C(=O)O)C1CN(C(=O)NCc2ccccc2F)C1. The van der Waals surface area contributed by atoms with Crippen molar-refractivity contribution in [2.75, 3.05) is 13.1 Å². The molecule has 0 aromatic heterocycles. The van der Waals surface area contributed by atoms with E-state index in [1.165, 1.54) is 11.0 Å². The lowest BCUT2D eigenvalue weighted by molar-refractivity contribution is -0.144. The van der Waals surface area contributed by atoms with Crippen LogP contribution in [-0.2, 0) is 11.3 Å². The number of aliphatic carboxylic acids is 1. The van der Waals surface area contributed by atoms with E-state index in [2.05, 4.69) is 5.32 Å². The van der Waals surface area contributed by atoms with Crippen molar-refractivity contribution in [1.29, 1.82) is 0 Å². The number of urea groups is 1. The van der Waals surface area contributed by atoms with Crippen LogP contribution in [0.4, 0.5) is 9.18 Å². The standard InChI is InChI=1S/C14H17FN2O3/c1-9(13(18)19)11-7-17(8-11)14(20)16-6-10-4-2-3-5-12(10)15/h2-5,9,11H,6-8H2,1H3,(H,16,20)(H,18,19). The Labute approximate surface area is 116 Å². The van der Waals surface area contributed by atoms with Gasteiger partial charge in [-0.15, -0.1) is 0 Å². The van der Waals surface area contributed by atoms with E-state index < -0.39 is 11.9 Å². The molecule has 5 nitrogen and oxygen atoms in total. The molecular weight excluding hydrogens is 263 g/mol. The van der Waals surface area contributed by atoms with Gasteiger partial charge in [0.2, 0.25) is 0 Å². The molecule has 1 aliphatic rings. The van der Waals surface area contributed by atoms with Crippen LogP contribution in [0.1, 0.15) is 12.5 Å². The van der Waals surface area contributed by atoms with Crippen molar-refractivity contribution >= 4 is 12.0 Å². The molecule has 6 heteroatoms. The summed E-state index contributed by atoms with van der Waals surface area (Å²) < 4.78 is 13.4. The predicted octanol–water partition coefficient (Wildman–Crippen LogP) is 1.69. The largest absolute Gasteiger partial charge is 0.481 e. The van der Waals surface area contributed by atoms with Crippen LogP contribution in [0.15, 0.2) is 24.3 Å². The highest BCUT2D eigenvalue weighted by molar-refractivity contribution is 5.76. The Kier molecular flexibility index (Phi) is 4.22. The lowest BCUT2D eigenvalue weighted by atomic mass is 9.87. The Morgan fingerprint density at radius 2 is 2.10 bits per heavy atom. The quantitative estimate of drug-likeness (QED) is 0.881. The van der Waals surface area contributed by atoms with Gasteiger partial charge in [0.1, 0.15) is 5.82 Å². The van der Waals surface area contributed by atoms with Crippen LogP contribution in [0.25, 0.3) is 0 Å². The van der Waals surface area contributed by atoms with Gasteiger partial charge < -0.3 is 15.3 Å². The summed E-state index contributed by atoms with van der Waals surface area (Å²) in [5, 5.41) is 11.5. The van der Waals surface area contributed by atoms with E-state index in [1.807, 2.05) is 0 Å². The van der Waals surface area contributed by atoms with Crippen molar-refractivity contribution in [1.82, 2.24) is 10.2 Å². The number of hydrogen-bond donors (Lipinski definition) is 2. The van der Waals surface area contributed by atoms with Gasteiger partial charge in [0, 0.05) is 31.1 Å². The zero-order valence-electron chi connectivity index (χ0n) is 11.2. The van der Waals surface area contributed by atoms with Gasteiger partial charge in [-0.05, 0) is 6.07 Å². The Morgan fingerprint density at radius 3 is 2.70 bits per heavy atom. The van der Waals surface area contributed by atoms with Crippen LogP contribution in [0.2, 0.25) is 0 Å². The Morgan fingerprint density at radius 1 is 1.45 bits per heavy atom. The maximum atomic E-state index is 13.4. The molecule has 1 saturated heterocycles. The highest BCUT2D eigenvalue weighted by atomic mass is 19.1. The van der Waals surface area contributed by atoms with Crippen LogP contribution >= 0.6 is 0 Å². The third-order valence-electron chi connectivity index (χ3n) is 3.68. The Bertz CT molecular complexity index is 515. The van der Waals surface area contributed by atoms with E-state index in [0.717, 1.165) is 0 Å². The lowest BCUT2D eigenvalue weighted by Gasteiger charge is -2.41. The van der Waals surface area contributed by atoms with Gasteiger partial charge >= 0.3 is 12.0 Å². The summed E-state index contributed by atoms with van der Waals surface area (Å²) in [6, 6.07) is 5.96. The van der Waals surface area contributed by atoms with Gasteiger partial charge in [0.25, 0.3) is 0 Å². The molecule has 0 aliphatic carbocycles. The summed E-state index contributed by atoms with van der Waals surface area (Å²) in [6.07, 6.45) is 0. The summed E-state index contributed by atoms with van der Waals surface area (Å²) in [4.78, 5) is 24.1. The number of benzene rings is 1. The molecule has 2 rings (SSSR count). The van der Waals surface area contributed by atoms with Crippen LogP contribution in [-0.4, -0.2) is 35.1 Å². The van der Waals surface area contributed by atoms with Gasteiger partial charge in [-0.2, -0.15) is 0 Å². The third kappa shape index (κ3) is 3.07. The number of amides is 2. The molecule has 2 N–H and O–H groups in total. The predicted molar refractivity (Wildman–Crippen MR) is 70.5 cm³/mol. The molecule has 0 bridgehead atoms. The minimum atomic E-state index is -0.846. The van der Waals surface area contributed by atoms with Gasteiger partial charge in [0.05, 0.1) is 5.92 Å². The molecule has 1 atom stereocenters. The zero-order valence-corrected chi connectivity index (χ0v) is 11.2. The van der Waals surface area contributed by atoms with E-state index in [1.54, 1.807) is 25.1 Å². The first kappa shape index (κ1) is 14.3. The Balaban J connectivity index is 1.78. The molecule has 1 aromatic carbocycles. The molecule has 1 aromatic rings. The van der Waals surface area contributed by atoms with Gasteiger partial charge in [-0.3, -0.25) is 4.79 Å². The molecule has 1 fully saturated rings. The van der Waals surface area contributed by atoms with Crippen molar-refractivity contribution < 1.29 is 19.1 Å². The molecule has 108 valence electrons. The maximum absolute atomic E-state index is 13.4. The number of carboxylic acid groups (broad SMARTS) is 1. The summed E-state index contributed by atoms with van der Waals surface area (Å²) >= 11 is 0. The van der Waals surface area contributed by atoms with E-state index in [4.69, 9.17) is 5.11 Å². The zero-order chi connectivity index (χ0) is 14.7. The van der Waals surface area contributed by atoms with Crippen molar-refractivity contribution in [2.24, 2.45) is 11.8 Å². The molecular formula is C14H17FN2O3. The van der Waals surface area contributed by atoms with E-state index >= 15 is 0 Å². The van der Waals surface area contributed by atoms with Gasteiger partial charge in [-0.25, -0.2) is 9.18 Å². The molecule has 2 amide bonds. The average Bonchev–Trinajstić information content (AvgIpc) is 2.35. The monoisotopic (exact) mass is 280 g/mol. The first-order valence-corrected chi connectivity index (χ1v) is 6.48. The van der Waals surface area contributed by atoms with Crippen LogP contribution in [0.3, 0.4) is 0 Å². The third-order valence-corrected chi connectivity index (χ3v) is 3.68. The fourth-order valence-corrected chi connectivity index (χ4v) is 2.12. The lowest BCUT2D eigenvalue weighted by Crippen LogP contribution is -2.56. The Hall–Kier alpha value is -2.11. The maximum Gasteiger partial charge on any atom is 0.317 e. The van der Waals surface area contributed by atoms with E-state index in [9.17, 15) is 14.0 Å². The van der Waals surface area contributed by atoms with Crippen molar-refractivity contribution in [3.63, 3.8) is 0 Å². The average molecular weight is 280 g/mol. The van der Waals surface area contributed by atoms with Crippen LogP contribution in [0.5, 0.6) is 0 Å². The molecule has 0 spiro atoms. The first-order valence-electron chi connectivity index (χ1n) is 6.48. The summed E-state index contributed by atoms with van der Waals surface area (Å²) in [6.45, 7) is 2.62. The second-order valence-electron chi connectivity index (χ2n) is 5.04. The number of carbonyl (C=O) groups excluding carboxylic acids is 1. The molecule has 20 heavy (non-hydrogen) atoms. The smallest absolute Gasteiger partial charge is 0.317 e. The van der Waals surface area contributed by atoms with Gasteiger partial charge in [0.15, 0.2) is 0 Å². The number of hydrogen-bond acceptors (Lipinski definition) is 2. The second-order valence-corrected chi connectivity index (χ2v) is 5.04. The van der Waals surface area contributed by atoms with E-state index in [0.29, 0.717) is 18.7 Å². The highest BCUT2D eigenvalue weighted by Crippen LogP contribution is 2.23. The van der Waals surface area contributed by atoms with E-state index in [-0.39, 0.29) is 24.3 Å². The number of nitrogens with one attached hydrogen (secondary N) is 1. The van der Waals surface area contributed by atoms with Crippen LogP contribution in [0, 0.1) is 17.7 Å². The number of likely N-dealkylation sites (tertiary alicyclic amines) is 1. The number of rotatable bonds is 4. The minimum Gasteiger partial charge on any atom is -0.481 e. The molecule has 0 radical (unpaired) electrons. The molecule has 1 heterocycles. The van der Waals surface area contributed by atoms with Crippen molar-refractivity contribution in [3.05, 3.63) is 35.6 Å². The minimum absolute atomic E-state index is 0.00767. The van der Waals surface area contributed by atoms with Gasteiger partial charge in [-0.1, -0.05) is 25.1 Å². The summed E-state index contributed by atoms with van der Waals surface area (Å²) in [5.74, 6) is -1.66. The second kappa shape index (κ2) is 5.90. The first-order chi connectivity index (χ1) is 9.49. The normalized spacial score (nSPS) is 16.4. The van der Waals surface area contributed by atoms with Crippen LogP contribution < -0.4 is 5.32 Å². The number of carbonyl (C=O) groups is 2. The fourth-order valence-electron chi connectivity index (χ4n) is 2.12. The number of halogens is 1. The fraction of sp³-hybridized carbons (Fsp3) is 0.429. The highest BCUT2D eigenvalue weighted by Gasteiger charge is 2.37. The summed E-state index contributed by atoms with van der Waals surface area (Å²) in [7, 11) is 0.